The highest BCUT2D eigenvalue weighted by Gasteiger charge is 2.41. The molecule has 29 heavy (non-hydrogen) atoms. The minimum absolute atomic E-state index is 0.0386. The number of ketones is 1. The van der Waals surface area contributed by atoms with Crippen molar-refractivity contribution in [3.63, 3.8) is 0 Å². The first-order valence-corrected chi connectivity index (χ1v) is 10.8. The number of thiophene rings is 1. The number of rotatable bonds is 4. The van der Waals surface area contributed by atoms with Crippen LogP contribution >= 0.6 is 11.3 Å². The largest absolute Gasteiger partial charge is 0.358 e. The van der Waals surface area contributed by atoms with Gasteiger partial charge in [0, 0.05) is 6.20 Å². The lowest BCUT2D eigenvalue weighted by atomic mass is 10.2. The number of carbonyl (C=O) groups is 1. The summed E-state index contributed by atoms with van der Waals surface area (Å²) in [6, 6.07) is 12.8. The lowest BCUT2D eigenvalue weighted by Gasteiger charge is -2.29. The predicted octanol–water partition coefficient (Wildman–Crippen LogP) is 4.51. The van der Waals surface area contributed by atoms with Gasteiger partial charge >= 0.3 is 0 Å². The second kappa shape index (κ2) is 7.41. The number of fused-ring (bicyclic) bond motifs is 1. The van der Waals surface area contributed by atoms with Crippen molar-refractivity contribution in [2.75, 3.05) is 9.62 Å². The first kappa shape index (κ1) is 19.3. The number of halogens is 2. The van der Waals surface area contributed by atoms with Crippen molar-refractivity contribution >= 4 is 38.5 Å². The van der Waals surface area contributed by atoms with E-state index in [-0.39, 0.29) is 22.8 Å². The molecule has 0 saturated heterocycles. The Morgan fingerprint density at radius 2 is 1.86 bits per heavy atom. The summed E-state index contributed by atoms with van der Waals surface area (Å²) in [6.07, 6.45) is 0.997. The molecule has 1 N–H and O–H groups in total. The van der Waals surface area contributed by atoms with Crippen LogP contribution < -0.4 is 9.62 Å². The molecule has 3 aromatic rings. The van der Waals surface area contributed by atoms with E-state index >= 15 is 0 Å². The van der Waals surface area contributed by atoms with E-state index in [0.29, 0.717) is 5.56 Å². The van der Waals surface area contributed by atoms with E-state index in [0.717, 1.165) is 21.8 Å². The van der Waals surface area contributed by atoms with Gasteiger partial charge in [-0.05, 0) is 41.3 Å². The van der Waals surface area contributed by atoms with Crippen LogP contribution in [0, 0.1) is 11.6 Å². The van der Waals surface area contributed by atoms with Crippen LogP contribution in [0.1, 0.15) is 15.2 Å². The quantitative estimate of drug-likeness (QED) is 0.616. The molecule has 148 valence electrons. The first-order valence-electron chi connectivity index (χ1n) is 8.48. The van der Waals surface area contributed by atoms with Gasteiger partial charge in [0.05, 0.1) is 17.9 Å². The summed E-state index contributed by atoms with van der Waals surface area (Å²) in [6.45, 7) is -0.145. The van der Waals surface area contributed by atoms with Gasteiger partial charge in [-0.25, -0.2) is 17.2 Å². The van der Waals surface area contributed by atoms with Crippen LogP contribution in [0.4, 0.5) is 20.2 Å². The molecule has 4 rings (SSSR count). The van der Waals surface area contributed by atoms with Gasteiger partial charge in [0.15, 0.2) is 4.91 Å². The topological polar surface area (TPSA) is 66.5 Å². The molecule has 2 aromatic carbocycles. The Morgan fingerprint density at radius 1 is 1.07 bits per heavy atom. The Kier molecular flexibility index (Phi) is 4.93. The zero-order valence-electron chi connectivity index (χ0n) is 14.8. The minimum atomic E-state index is -4.25. The summed E-state index contributed by atoms with van der Waals surface area (Å²) in [5.41, 5.74) is 0.713. The second-order valence-corrected chi connectivity index (χ2v) is 8.99. The molecule has 1 aromatic heterocycles. The number of nitrogens with one attached hydrogen (secondary N) is 1. The number of allylic oxidation sites excluding steroid dienone is 1. The smallest absolute Gasteiger partial charge is 0.270 e. The third kappa shape index (κ3) is 3.54. The monoisotopic (exact) mass is 432 g/mol. The molecule has 2 heterocycles. The number of anilines is 2. The van der Waals surface area contributed by atoms with Gasteiger partial charge in [-0.1, -0.05) is 24.3 Å². The van der Waals surface area contributed by atoms with E-state index in [1.54, 1.807) is 17.5 Å². The highest BCUT2D eigenvalue weighted by atomic mass is 32.2. The lowest BCUT2D eigenvalue weighted by Crippen LogP contribution is -2.38. The van der Waals surface area contributed by atoms with Crippen molar-refractivity contribution in [2.45, 2.75) is 6.54 Å². The second-order valence-electron chi connectivity index (χ2n) is 6.24. The van der Waals surface area contributed by atoms with Crippen molar-refractivity contribution in [3.05, 3.63) is 93.2 Å². The van der Waals surface area contributed by atoms with Crippen LogP contribution in [0.25, 0.3) is 0 Å². The molecule has 0 radical (unpaired) electrons. The van der Waals surface area contributed by atoms with E-state index in [4.69, 9.17) is 0 Å². The number of sulfonamides is 1. The fourth-order valence-electron chi connectivity index (χ4n) is 2.98. The first-order chi connectivity index (χ1) is 13.9. The van der Waals surface area contributed by atoms with Crippen LogP contribution in [-0.4, -0.2) is 14.2 Å². The Hall–Kier alpha value is -3.04. The Morgan fingerprint density at radius 3 is 2.62 bits per heavy atom. The predicted molar refractivity (Wildman–Crippen MR) is 108 cm³/mol. The Balaban J connectivity index is 1.77. The number of hydrogen-bond acceptors (Lipinski definition) is 5. The van der Waals surface area contributed by atoms with Crippen molar-refractivity contribution < 1.29 is 22.0 Å². The minimum Gasteiger partial charge on any atom is -0.358 e. The molecule has 0 fully saturated rings. The van der Waals surface area contributed by atoms with Crippen LogP contribution in [0.2, 0.25) is 0 Å². The number of carbonyl (C=O) groups excluding carboxylic acids is 1. The maximum absolute atomic E-state index is 13.9. The zero-order valence-corrected chi connectivity index (χ0v) is 16.4. The van der Waals surface area contributed by atoms with E-state index in [1.165, 1.54) is 42.5 Å². The number of nitrogens with zero attached hydrogens (tertiary/aromatic N) is 1. The highest BCUT2D eigenvalue weighted by molar-refractivity contribution is 7.97. The molecule has 0 amide bonds. The molecule has 1 aliphatic rings. The van der Waals surface area contributed by atoms with E-state index < -0.39 is 32.3 Å². The Labute approximate surface area is 170 Å². The average Bonchev–Trinajstić information content (AvgIpc) is 3.16. The molecule has 9 heteroatoms. The third-order valence-corrected chi connectivity index (χ3v) is 7.03. The zero-order chi connectivity index (χ0) is 20.6. The van der Waals surface area contributed by atoms with Crippen molar-refractivity contribution in [1.29, 1.82) is 0 Å². The SMILES string of the molecule is O=C1C(=CNc2ccccc2F)S(=O)(=O)N(Cc2cccc(F)c2)c2ccsc21. The molecular formula is C20H14F2N2O3S2. The van der Waals surface area contributed by atoms with Gasteiger partial charge in [-0.3, -0.25) is 9.10 Å². The molecule has 0 saturated carbocycles. The molecular weight excluding hydrogens is 418 g/mol. The van der Waals surface area contributed by atoms with Gasteiger partial charge < -0.3 is 5.32 Å². The standard InChI is InChI=1S/C20H14F2N2O3S2/c21-14-5-3-4-13(10-14)12-24-17-8-9-28-20(17)19(25)18(29(24,26)27)11-23-16-7-2-1-6-15(16)22/h1-11,23H,12H2. The van der Waals surface area contributed by atoms with Crippen LogP contribution in [0.3, 0.4) is 0 Å². The van der Waals surface area contributed by atoms with Crippen molar-refractivity contribution in [1.82, 2.24) is 0 Å². The van der Waals surface area contributed by atoms with Crippen molar-refractivity contribution in [3.8, 4) is 0 Å². The van der Waals surface area contributed by atoms with Crippen LogP contribution in [-0.2, 0) is 16.6 Å². The maximum Gasteiger partial charge on any atom is 0.270 e. The normalized spacial score (nSPS) is 16.7. The van der Waals surface area contributed by atoms with Gasteiger partial charge in [-0.15, -0.1) is 11.3 Å². The molecule has 0 atom stereocenters. The summed E-state index contributed by atoms with van der Waals surface area (Å²) >= 11 is 1.11. The fourth-order valence-corrected chi connectivity index (χ4v) is 5.46. The molecule has 0 unspecified atom stereocenters. The van der Waals surface area contributed by atoms with Crippen molar-refractivity contribution in [2.24, 2.45) is 0 Å². The van der Waals surface area contributed by atoms with Gasteiger partial charge in [0.2, 0.25) is 5.78 Å². The molecule has 5 nitrogen and oxygen atoms in total. The summed E-state index contributed by atoms with van der Waals surface area (Å²) < 4.78 is 54.9. The van der Waals surface area contributed by atoms with E-state index in [9.17, 15) is 22.0 Å². The average molecular weight is 432 g/mol. The summed E-state index contributed by atoms with van der Waals surface area (Å²) in [5.74, 6) is -1.75. The van der Waals surface area contributed by atoms with Crippen LogP contribution in [0.5, 0.6) is 0 Å². The molecule has 0 bridgehead atoms. The van der Waals surface area contributed by atoms with Gasteiger partial charge in [0.1, 0.15) is 16.5 Å². The third-order valence-electron chi connectivity index (χ3n) is 4.36. The molecule has 0 aliphatic carbocycles. The Bertz CT molecular complexity index is 1240. The number of hydrogen-bond donors (Lipinski definition) is 1. The fraction of sp³-hybridized carbons (Fsp3) is 0.0500. The lowest BCUT2D eigenvalue weighted by molar-refractivity contribution is 0.104. The summed E-state index contributed by atoms with van der Waals surface area (Å²) in [5, 5.41) is 4.18. The summed E-state index contributed by atoms with van der Waals surface area (Å²) in [7, 11) is -4.25. The molecule has 0 spiro atoms. The highest BCUT2D eigenvalue weighted by Crippen LogP contribution is 2.39. The van der Waals surface area contributed by atoms with Gasteiger partial charge in [0.25, 0.3) is 10.0 Å². The number of para-hydroxylation sites is 1. The van der Waals surface area contributed by atoms with Gasteiger partial charge in [-0.2, -0.15) is 0 Å². The number of benzene rings is 2. The maximum atomic E-state index is 13.9. The number of Topliss-reactive ketones (excluding diaryl/α,β-unsaturated/α-hetero) is 1. The summed E-state index contributed by atoms with van der Waals surface area (Å²) in [4.78, 5) is 12.5. The molecule has 1 aliphatic heterocycles. The van der Waals surface area contributed by atoms with E-state index in [2.05, 4.69) is 5.32 Å². The van der Waals surface area contributed by atoms with Crippen LogP contribution in [0.15, 0.2) is 71.1 Å². The van der Waals surface area contributed by atoms with E-state index in [1.807, 2.05) is 0 Å².